The van der Waals surface area contributed by atoms with E-state index in [1.165, 1.54) is 6.08 Å². The maximum absolute atomic E-state index is 12.1. The average molecular weight is 332 g/mol. The van der Waals surface area contributed by atoms with Gasteiger partial charge in [0.05, 0.1) is 25.3 Å². The number of aryl methyl sites for hydroxylation is 1. The zero-order valence-corrected chi connectivity index (χ0v) is 14.4. The Bertz CT molecular complexity index is 710. The smallest absolute Gasteiger partial charge is 0.244 e. The van der Waals surface area contributed by atoms with Crippen LogP contribution >= 0.6 is 11.3 Å². The van der Waals surface area contributed by atoms with Gasteiger partial charge >= 0.3 is 0 Å². The van der Waals surface area contributed by atoms with Crippen LogP contribution in [0.2, 0.25) is 0 Å². The number of carbonyl (C=O) groups is 1. The second kappa shape index (κ2) is 7.78. The largest absolute Gasteiger partial charge is 0.497 e. The summed E-state index contributed by atoms with van der Waals surface area (Å²) >= 11 is 1.54. The van der Waals surface area contributed by atoms with Gasteiger partial charge in [-0.15, -0.1) is 11.3 Å². The van der Waals surface area contributed by atoms with E-state index in [1.54, 1.807) is 37.8 Å². The van der Waals surface area contributed by atoms with Crippen molar-refractivity contribution in [3.8, 4) is 11.5 Å². The molecule has 0 radical (unpaired) electrons. The molecule has 1 N–H and O–H groups in total. The van der Waals surface area contributed by atoms with Crippen molar-refractivity contribution < 1.29 is 14.3 Å². The van der Waals surface area contributed by atoms with Crippen LogP contribution in [0.15, 0.2) is 30.5 Å². The Morgan fingerprint density at radius 1 is 1.35 bits per heavy atom. The minimum absolute atomic E-state index is 0.173. The molecular weight excluding hydrogens is 312 g/mol. The lowest BCUT2D eigenvalue weighted by atomic mass is 10.1. The van der Waals surface area contributed by atoms with E-state index in [9.17, 15) is 4.79 Å². The number of rotatable bonds is 6. The third kappa shape index (κ3) is 4.56. The van der Waals surface area contributed by atoms with Crippen LogP contribution in [0.25, 0.3) is 6.08 Å². The minimum atomic E-state index is -0.208. The normalized spacial score (nSPS) is 12.2. The number of hydrogen-bond acceptors (Lipinski definition) is 5. The highest BCUT2D eigenvalue weighted by Gasteiger charge is 2.14. The average Bonchev–Trinajstić information content (AvgIpc) is 2.97. The predicted molar refractivity (Wildman–Crippen MR) is 92.0 cm³/mol. The van der Waals surface area contributed by atoms with Crippen LogP contribution in [0.5, 0.6) is 11.5 Å². The molecule has 23 heavy (non-hydrogen) atoms. The van der Waals surface area contributed by atoms with Gasteiger partial charge in [-0.1, -0.05) is 0 Å². The number of methoxy groups -OCH3 is 2. The highest BCUT2D eigenvalue weighted by molar-refractivity contribution is 7.12. The second-order valence-electron chi connectivity index (χ2n) is 4.95. The topological polar surface area (TPSA) is 60.5 Å². The lowest BCUT2D eigenvalue weighted by Crippen LogP contribution is -2.25. The Balaban J connectivity index is 2.07. The third-order valence-electron chi connectivity index (χ3n) is 3.30. The molecule has 122 valence electrons. The number of hydrogen-bond donors (Lipinski definition) is 1. The molecule has 0 saturated carbocycles. The number of aromatic nitrogens is 1. The van der Waals surface area contributed by atoms with E-state index in [0.29, 0.717) is 5.75 Å². The van der Waals surface area contributed by atoms with Crippen LogP contribution in [0.4, 0.5) is 0 Å². The Morgan fingerprint density at radius 3 is 2.74 bits per heavy atom. The van der Waals surface area contributed by atoms with E-state index in [4.69, 9.17) is 9.47 Å². The fourth-order valence-electron chi connectivity index (χ4n) is 2.13. The van der Waals surface area contributed by atoms with Gasteiger partial charge in [0.2, 0.25) is 5.91 Å². The highest BCUT2D eigenvalue weighted by atomic mass is 32.1. The van der Waals surface area contributed by atoms with Gasteiger partial charge in [0.25, 0.3) is 0 Å². The zero-order valence-electron chi connectivity index (χ0n) is 13.6. The summed E-state index contributed by atoms with van der Waals surface area (Å²) in [4.78, 5) is 17.2. The van der Waals surface area contributed by atoms with Gasteiger partial charge in [0.15, 0.2) is 0 Å². The SMILES string of the molecule is COc1ccc(OC)c(C(C)NC(=O)/C=C/c2cnc(C)s2)c1. The second-order valence-corrected chi connectivity index (χ2v) is 6.22. The summed E-state index contributed by atoms with van der Waals surface area (Å²) in [5, 5.41) is 3.89. The summed E-state index contributed by atoms with van der Waals surface area (Å²) < 4.78 is 10.6. The molecule has 1 atom stereocenters. The van der Waals surface area contributed by atoms with Crippen molar-refractivity contribution in [3.63, 3.8) is 0 Å². The van der Waals surface area contributed by atoms with E-state index in [2.05, 4.69) is 10.3 Å². The van der Waals surface area contributed by atoms with Crippen LogP contribution in [0.1, 0.15) is 28.4 Å². The summed E-state index contributed by atoms with van der Waals surface area (Å²) in [5.74, 6) is 1.26. The molecule has 0 saturated heterocycles. The molecule has 2 aromatic rings. The standard InChI is InChI=1S/C17H20N2O3S/c1-11(15-9-13(21-3)5-7-16(15)22-4)19-17(20)8-6-14-10-18-12(2)23-14/h5-11H,1-4H3,(H,19,20)/b8-6+. The Morgan fingerprint density at radius 2 is 2.13 bits per heavy atom. The van der Waals surface area contributed by atoms with Gasteiger partial charge in [-0.2, -0.15) is 0 Å². The molecule has 1 unspecified atom stereocenters. The molecule has 1 aromatic carbocycles. The number of amides is 1. The Kier molecular flexibility index (Phi) is 5.76. The summed E-state index contributed by atoms with van der Waals surface area (Å²) in [5.41, 5.74) is 0.863. The summed E-state index contributed by atoms with van der Waals surface area (Å²) in [6.45, 7) is 3.83. The molecule has 1 amide bonds. The quantitative estimate of drug-likeness (QED) is 0.824. The van der Waals surface area contributed by atoms with Crippen molar-refractivity contribution >= 4 is 23.3 Å². The predicted octanol–water partition coefficient (Wildman–Crippen LogP) is 3.36. The van der Waals surface area contributed by atoms with E-state index in [1.807, 2.05) is 32.0 Å². The van der Waals surface area contributed by atoms with Crippen molar-refractivity contribution in [2.45, 2.75) is 19.9 Å². The third-order valence-corrected chi connectivity index (χ3v) is 4.18. The van der Waals surface area contributed by atoms with Crippen LogP contribution in [0.3, 0.4) is 0 Å². The lowest BCUT2D eigenvalue weighted by molar-refractivity contribution is -0.117. The first-order valence-electron chi connectivity index (χ1n) is 7.16. The number of nitrogens with zero attached hydrogens (tertiary/aromatic N) is 1. The molecule has 0 bridgehead atoms. The number of thiazole rings is 1. The summed E-state index contributed by atoms with van der Waals surface area (Å²) in [6, 6.07) is 5.30. The molecule has 1 aromatic heterocycles. The number of benzene rings is 1. The first-order valence-corrected chi connectivity index (χ1v) is 7.98. The number of ether oxygens (including phenoxy) is 2. The van der Waals surface area contributed by atoms with Crippen LogP contribution in [-0.4, -0.2) is 25.1 Å². The van der Waals surface area contributed by atoms with E-state index >= 15 is 0 Å². The fourth-order valence-corrected chi connectivity index (χ4v) is 2.82. The van der Waals surface area contributed by atoms with E-state index < -0.39 is 0 Å². The molecule has 0 aliphatic carbocycles. The van der Waals surface area contributed by atoms with Crippen molar-refractivity contribution in [1.29, 1.82) is 0 Å². The van der Waals surface area contributed by atoms with Crippen LogP contribution < -0.4 is 14.8 Å². The number of carbonyl (C=O) groups excluding carboxylic acids is 1. The van der Waals surface area contributed by atoms with E-state index in [-0.39, 0.29) is 11.9 Å². The first-order chi connectivity index (χ1) is 11.0. The molecule has 0 aliphatic heterocycles. The van der Waals surface area contributed by atoms with Gasteiger partial charge in [-0.25, -0.2) is 4.98 Å². The molecule has 5 nitrogen and oxygen atoms in total. The highest BCUT2D eigenvalue weighted by Crippen LogP contribution is 2.29. The summed E-state index contributed by atoms with van der Waals surface area (Å²) in [7, 11) is 3.21. The van der Waals surface area contributed by atoms with Crippen molar-refractivity contribution in [1.82, 2.24) is 10.3 Å². The number of nitrogens with one attached hydrogen (secondary N) is 1. The maximum Gasteiger partial charge on any atom is 0.244 e. The lowest BCUT2D eigenvalue weighted by Gasteiger charge is -2.17. The van der Waals surface area contributed by atoms with Gasteiger partial charge < -0.3 is 14.8 Å². The Hall–Kier alpha value is -2.34. The van der Waals surface area contributed by atoms with Gasteiger partial charge in [0, 0.05) is 22.7 Å². The zero-order chi connectivity index (χ0) is 16.8. The Labute approximate surface area is 140 Å². The van der Waals surface area contributed by atoms with Crippen LogP contribution in [-0.2, 0) is 4.79 Å². The monoisotopic (exact) mass is 332 g/mol. The first kappa shape index (κ1) is 17.0. The maximum atomic E-state index is 12.1. The van der Waals surface area contributed by atoms with Crippen molar-refractivity contribution in [2.24, 2.45) is 0 Å². The van der Waals surface area contributed by atoms with Crippen molar-refractivity contribution in [3.05, 3.63) is 45.9 Å². The fraction of sp³-hybridized carbons (Fsp3) is 0.294. The molecule has 2 rings (SSSR count). The molecular formula is C17H20N2O3S. The van der Waals surface area contributed by atoms with Gasteiger partial charge in [-0.3, -0.25) is 4.79 Å². The molecule has 0 spiro atoms. The molecule has 0 aliphatic rings. The summed E-state index contributed by atoms with van der Waals surface area (Å²) in [6.07, 6.45) is 5.02. The van der Waals surface area contributed by atoms with Crippen LogP contribution in [0, 0.1) is 6.92 Å². The van der Waals surface area contributed by atoms with Crippen molar-refractivity contribution in [2.75, 3.05) is 14.2 Å². The minimum Gasteiger partial charge on any atom is -0.497 e. The molecule has 6 heteroatoms. The molecule has 0 fully saturated rings. The molecule has 1 heterocycles. The van der Waals surface area contributed by atoms with Gasteiger partial charge in [-0.05, 0) is 38.1 Å². The van der Waals surface area contributed by atoms with E-state index in [0.717, 1.165) is 21.2 Å². The van der Waals surface area contributed by atoms with Gasteiger partial charge in [0.1, 0.15) is 11.5 Å².